The Bertz CT molecular complexity index is 202. The van der Waals surface area contributed by atoms with Gasteiger partial charge in [-0.25, -0.2) is 0 Å². The minimum absolute atomic E-state index is 0.104. The minimum atomic E-state index is -0.445. The second kappa shape index (κ2) is 4.87. The molecule has 3 N–H and O–H groups in total. The van der Waals surface area contributed by atoms with Crippen LogP contribution in [0.25, 0.3) is 0 Å². The van der Waals surface area contributed by atoms with E-state index in [9.17, 15) is 4.79 Å². The quantitative estimate of drug-likeness (QED) is 0.656. The van der Waals surface area contributed by atoms with Gasteiger partial charge in [0.05, 0.1) is 18.8 Å². The van der Waals surface area contributed by atoms with Crippen molar-refractivity contribution in [3.8, 4) is 0 Å². The molecule has 0 aliphatic carbocycles. The highest BCUT2D eigenvalue weighted by Crippen LogP contribution is 2.08. The van der Waals surface area contributed by atoms with Gasteiger partial charge in [0.1, 0.15) is 6.10 Å². The van der Waals surface area contributed by atoms with E-state index in [0.717, 1.165) is 12.8 Å². The average Bonchev–Trinajstić information content (AvgIpc) is 2.15. The van der Waals surface area contributed by atoms with Crippen molar-refractivity contribution in [1.29, 1.82) is 0 Å². The summed E-state index contributed by atoms with van der Waals surface area (Å²) >= 11 is 0. The highest BCUT2D eigenvalue weighted by atomic mass is 16.5. The Morgan fingerprint density at radius 3 is 3.15 bits per heavy atom. The van der Waals surface area contributed by atoms with E-state index in [0.29, 0.717) is 6.54 Å². The van der Waals surface area contributed by atoms with Crippen LogP contribution < -0.4 is 11.1 Å². The molecule has 1 aliphatic heterocycles. The minimum Gasteiger partial charge on any atom is -0.497 e. The number of ether oxygens (including phenoxy) is 1. The normalized spacial score (nSPS) is 23.4. The predicted octanol–water partition coefficient (Wildman–Crippen LogP) is 0.142. The fraction of sp³-hybridized carbons (Fsp3) is 0.667. The monoisotopic (exact) mass is 184 g/mol. The van der Waals surface area contributed by atoms with Gasteiger partial charge < -0.3 is 15.8 Å². The van der Waals surface area contributed by atoms with Crippen molar-refractivity contribution in [3.05, 3.63) is 12.3 Å². The van der Waals surface area contributed by atoms with Gasteiger partial charge in [-0.2, -0.15) is 0 Å². The van der Waals surface area contributed by atoms with Gasteiger partial charge in [0.25, 0.3) is 0 Å². The first-order chi connectivity index (χ1) is 6.20. The molecule has 0 radical (unpaired) electrons. The number of nitrogens with one attached hydrogen (secondary N) is 1. The zero-order chi connectivity index (χ0) is 9.68. The predicted molar refractivity (Wildman–Crippen MR) is 49.9 cm³/mol. The lowest BCUT2D eigenvalue weighted by Gasteiger charge is -2.20. The molecule has 0 saturated heterocycles. The molecule has 1 rings (SSSR count). The lowest BCUT2D eigenvalue weighted by molar-refractivity contribution is -0.122. The van der Waals surface area contributed by atoms with Crippen LogP contribution in [-0.2, 0) is 9.53 Å². The number of amides is 1. The van der Waals surface area contributed by atoms with Crippen molar-refractivity contribution >= 4 is 5.91 Å². The number of nitrogens with two attached hydrogens (primary N) is 1. The van der Waals surface area contributed by atoms with Crippen LogP contribution in [0.3, 0.4) is 0 Å². The molecular weight excluding hydrogens is 168 g/mol. The Labute approximate surface area is 78.1 Å². The fourth-order valence-electron chi connectivity index (χ4n) is 1.11. The molecule has 0 saturated carbocycles. The van der Waals surface area contributed by atoms with E-state index in [-0.39, 0.29) is 12.0 Å². The van der Waals surface area contributed by atoms with Crippen molar-refractivity contribution in [2.24, 2.45) is 5.73 Å². The van der Waals surface area contributed by atoms with Crippen molar-refractivity contribution in [2.45, 2.75) is 31.9 Å². The largest absolute Gasteiger partial charge is 0.497 e. The summed E-state index contributed by atoms with van der Waals surface area (Å²) in [5.41, 5.74) is 5.38. The number of carbonyl (C=O) groups is 1. The number of hydrogen-bond acceptors (Lipinski definition) is 3. The molecule has 1 amide bonds. The van der Waals surface area contributed by atoms with E-state index in [1.165, 1.54) is 0 Å². The highest BCUT2D eigenvalue weighted by molar-refractivity contribution is 5.80. The fourth-order valence-corrected chi connectivity index (χ4v) is 1.11. The Morgan fingerprint density at radius 1 is 1.85 bits per heavy atom. The Morgan fingerprint density at radius 2 is 2.62 bits per heavy atom. The van der Waals surface area contributed by atoms with E-state index in [2.05, 4.69) is 5.32 Å². The van der Waals surface area contributed by atoms with Gasteiger partial charge >= 0.3 is 0 Å². The van der Waals surface area contributed by atoms with Crippen LogP contribution in [0, 0.1) is 0 Å². The van der Waals surface area contributed by atoms with Crippen LogP contribution in [-0.4, -0.2) is 24.6 Å². The Balaban J connectivity index is 2.18. The summed E-state index contributed by atoms with van der Waals surface area (Å²) in [6, 6.07) is -0.445. The van der Waals surface area contributed by atoms with Crippen LogP contribution in [0.15, 0.2) is 12.3 Å². The lowest BCUT2D eigenvalue weighted by Crippen LogP contribution is -2.42. The van der Waals surface area contributed by atoms with Crippen molar-refractivity contribution < 1.29 is 9.53 Å². The molecule has 0 fully saturated rings. The molecule has 4 heteroatoms. The van der Waals surface area contributed by atoms with Gasteiger partial charge in [-0.3, -0.25) is 4.79 Å². The summed E-state index contributed by atoms with van der Waals surface area (Å²) in [6.07, 6.45) is 5.73. The van der Waals surface area contributed by atoms with Crippen molar-refractivity contribution in [2.75, 3.05) is 6.54 Å². The first-order valence-corrected chi connectivity index (χ1v) is 4.54. The third-order valence-electron chi connectivity index (χ3n) is 1.94. The van der Waals surface area contributed by atoms with Crippen molar-refractivity contribution in [3.63, 3.8) is 0 Å². The second-order valence-corrected chi connectivity index (χ2v) is 3.24. The van der Waals surface area contributed by atoms with Crippen LogP contribution in [0.4, 0.5) is 0 Å². The Kier molecular flexibility index (Phi) is 3.76. The van der Waals surface area contributed by atoms with Gasteiger partial charge in [-0.15, -0.1) is 0 Å². The third kappa shape index (κ3) is 3.46. The van der Waals surface area contributed by atoms with Crippen molar-refractivity contribution in [1.82, 2.24) is 5.32 Å². The van der Waals surface area contributed by atoms with Crippen LogP contribution in [0.1, 0.15) is 19.8 Å². The molecule has 74 valence electrons. The van der Waals surface area contributed by atoms with Gasteiger partial charge in [0.15, 0.2) is 0 Å². The zero-order valence-corrected chi connectivity index (χ0v) is 7.82. The van der Waals surface area contributed by atoms with Gasteiger partial charge in [-0.1, -0.05) is 0 Å². The molecule has 1 heterocycles. The maximum absolute atomic E-state index is 11.1. The molecule has 0 spiro atoms. The van der Waals surface area contributed by atoms with Crippen LogP contribution in [0.5, 0.6) is 0 Å². The van der Waals surface area contributed by atoms with Crippen LogP contribution >= 0.6 is 0 Å². The summed E-state index contributed by atoms with van der Waals surface area (Å²) in [7, 11) is 0. The summed E-state index contributed by atoms with van der Waals surface area (Å²) in [6.45, 7) is 2.21. The molecule has 2 atom stereocenters. The summed E-state index contributed by atoms with van der Waals surface area (Å²) in [5.74, 6) is -0.127. The van der Waals surface area contributed by atoms with Crippen LogP contribution in [0.2, 0.25) is 0 Å². The smallest absolute Gasteiger partial charge is 0.236 e. The van der Waals surface area contributed by atoms with E-state index >= 15 is 0 Å². The first-order valence-electron chi connectivity index (χ1n) is 4.54. The average molecular weight is 184 g/mol. The summed E-state index contributed by atoms with van der Waals surface area (Å²) in [4.78, 5) is 11.1. The second-order valence-electron chi connectivity index (χ2n) is 3.24. The van der Waals surface area contributed by atoms with Gasteiger partial charge in [-0.05, 0) is 25.8 Å². The SMILES string of the molecule is C[C@H](N)C(=O)NCC1CCC=CO1. The maximum Gasteiger partial charge on any atom is 0.236 e. The van der Waals surface area contributed by atoms with E-state index in [1.54, 1.807) is 13.2 Å². The molecule has 4 nitrogen and oxygen atoms in total. The zero-order valence-electron chi connectivity index (χ0n) is 7.82. The molecule has 0 bridgehead atoms. The number of allylic oxidation sites excluding steroid dienone is 1. The first kappa shape index (κ1) is 10.1. The topological polar surface area (TPSA) is 64.4 Å². The maximum atomic E-state index is 11.1. The van der Waals surface area contributed by atoms with E-state index < -0.39 is 6.04 Å². The molecule has 1 unspecified atom stereocenters. The molecule has 0 aromatic heterocycles. The van der Waals surface area contributed by atoms with E-state index in [1.807, 2.05) is 6.08 Å². The molecule has 0 aromatic rings. The summed E-state index contributed by atoms with van der Waals surface area (Å²) < 4.78 is 5.27. The van der Waals surface area contributed by atoms with Gasteiger partial charge in [0, 0.05) is 0 Å². The Hall–Kier alpha value is -1.03. The standard InChI is InChI=1S/C9H16N2O2/c1-7(10)9(12)11-6-8-4-2-3-5-13-8/h3,5,7-8H,2,4,6,10H2,1H3,(H,11,12)/t7-,8?/m0/s1. The number of hydrogen-bond donors (Lipinski definition) is 2. The number of carbonyl (C=O) groups excluding carboxylic acids is 1. The van der Waals surface area contributed by atoms with E-state index in [4.69, 9.17) is 10.5 Å². The third-order valence-corrected chi connectivity index (χ3v) is 1.94. The lowest BCUT2D eigenvalue weighted by atomic mass is 10.1. The molecule has 0 aromatic carbocycles. The highest BCUT2D eigenvalue weighted by Gasteiger charge is 2.13. The molecule has 1 aliphatic rings. The molecule has 13 heavy (non-hydrogen) atoms. The van der Waals surface area contributed by atoms with Gasteiger partial charge in [0.2, 0.25) is 5.91 Å². The molecular formula is C9H16N2O2. The summed E-state index contributed by atoms with van der Waals surface area (Å²) in [5, 5.41) is 2.73. The number of rotatable bonds is 3.